The maximum Gasteiger partial charge on any atom is 0.318 e. The van der Waals surface area contributed by atoms with Gasteiger partial charge in [0, 0.05) is 25.7 Å². The monoisotopic (exact) mass is 368 g/mol. The first-order valence-electron chi connectivity index (χ1n) is 8.58. The molecule has 4 N–H and O–H groups in total. The maximum absolute atomic E-state index is 12.3. The van der Waals surface area contributed by atoms with Gasteiger partial charge in [-0.25, -0.2) is 4.79 Å². The first-order chi connectivity index (χ1) is 11.5. The Hall–Kier alpha value is -1.79. The second-order valence-corrected chi connectivity index (χ2v) is 6.73. The first kappa shape index (κ1) is 21.3. The minimum Gasteiger partial charge on any atom is -0.351 e. The molecule has 2 rings (SSSR count). The second-order valence-electron chi connectivity index (χ2n) is 6.73. The fourth-order valence-electron chi connectivity index (χ4n) is 3.00. The molecule has 25 heavy (non-hydrogen) atoms. The van der Waals surface area contributed by atoms with Crippen molar-refractivity contribution in [3.63, 3.8) is 0 Å². The van der Waals surface area contributed by atoms with Crippen LogP contribution in [0, 0.1) is 5.92 Å². The quantitative estimate of drug-likeness (QED) is 0.713. The molecule has 1 atom stereocenters. The zero-order chi connectivity index (χ0) is 17.5. The van der Waals surface area contributed by atoms with E-state index in [9.17, 15) is 9.59 Å². The highest BCUT2D eigenvalue weighted by molar-refractivity contribution is 5.85. The lowest BCUT2D eigenvalue weighted by Gasteiger charge is -2.29. The van der Waals surface area contributed by atoms with Gasteiger partial charge in [-0.1, -0.05) is 38.1 Å². The Labute approximate surface area is 155 Å². The number of halogens is 1. The van der Waals surface area contributed by atoms with Crippen molar-refractivity contribution in [3.8, 4) is 0 Å². The molecule has 0 bridgehead atoms. The van der Waals surface area contributed by atoms with E-state index in [2.05, 4.69) is 30.5 Å². The number of benzene rings is 1. The summed E-state index contributed by atoms with van der Waals surface area (Å²) >= 11 is 0. The number of hydrogen-bond acceptors (Lipinski definition) is 3. The van der Waals surface area contributed by atoms with Crippen LogP contribution in [0.5, 0.6) is 0 Å². The standard InChI is InChI=1S/C18H28N4O2.ClH/c1-13(2)9-16(10-19)21-17(23)11-20-18(24)22-8-7-14-5-3-4-6-15(14)12-22;/h3-6,13,16H,7-12,19H2,1-2H3,(H,20,24)(H,21,23);1H. The summed E-state index contributed by atoms with van der Waals surface area (Å²) in [6.45, 7) is 5.81. The van der Waals surface area contributed by atoms with Crippen LogP contribution >= 0.6 is 12.4 Å². The van der Waals surface area contributed by atoms with Gasteiger partial charge < -0.3 is 21.3 Å². The molecule has 0 radical (unpaired) electrons. The number of urea groups is 1. The molecular weight excluding hydrogens is 340 g/mol. The summed E-state index contributed by atoms with van der Waals surface area (Å²) in [5, 5.41) is 5.57. The Morgan fingerprint density at radius 1 is 1.24 bits per heavy atom. The summed E-state index contributed by atoms with van der Waals surface area (Å²) in [5.41, 5.74) is 8.14. The molecule has 6 nitrogen and oxygen atoms in total. The van der Waals surface area contributed by atoms with Crippen LogP contribution in [0.2, 0.25) is 0 Å². The van der Waals surface area contributed by atoms with E-state index < -0.39 is 0 Å². The van der Waals surface area contributed by atoms with Crippen molar-refractivity contribution in [3.05, 3.63) is 35.4 Å². The molecule has 1 aromatic rings. The van der Waals surface area contributed by atoms with Gasteiger partial charge in [0.15, 0.2) is 0 Å². The minimum absolute atomic E-state index is 0. The molecule has 0 saturated heterocycles. The number of amides is 3. The molecule has 0 aromatic heterocycles. The van der Waals surface area contributed by atoms with Crippen molar-refractivity contribution in [2.45, 2.75) is 39.3 Å². The third-order valence-electron chi connectivity index (χ3n) is 4.22. The first-order valence-corrected chi connectivity index (χ1v) is 8.58. The number of hydrogen-bond donors (Lipinski definition) is 3. The van der Waals surface area contributed by atoms with Gasteiger partial charge in [0.1, 0.15) is 0 Å². The molecule has 3 amide bonds. The van der Waals surface area contributed by atoms with E-state index in [-0.39, 0.29) is 36.9 Å². The predicted molar refractivity (Wildman–Crippen MR) is 102 cm³/mol. The zero-order valence-electron chi connectivity index (χ0n) is 15.0. The van der Waals surface area contributed by atoms with Crippen molar-refractivity contribution in [2.24, 2.45) is 11.7 Å². The number of fused-ring (bicyclic) bond motifs is 1. The Morgan fingerprint density at radius 2 is 1.92 bits per heavy atom. The van der Waals surface area contributed by atoms with Crippen LogP contribution in [-0.2, 0) is 17.8 Å². The Balaban J connectivity index is 0.00000312. The van der Waals surface area contributed by atoms with E-state index in [4.69, 9.17) is 5.73 Å². The topological polar surface area (TPSA) is 87.5 Å². The highest BCUT2D eigenvalue weighted by Crippen LogP contribution is 2.18. The van der Waals surface area contributed by atoms with Crippen LogP contribution in [0.1, 0.15) is 31.4 Å². The summed E-state index contributed by atoms with van der Waals surface area (Å²) in [4.78, 5) is 26.0. The fourth-order valence-corrected chi connectivity index (χ4v) is 3.00. The number of rotatable bonds is 6. The van der Waals surface area contributed by atoms with Gasteiger partial charge in [0.25, 0.3) is 0 Å². The molecule has 0 aliphatic carbocycles. The fraction of sp³-hybridized carbons (Fsp3) is 0.556. The number of nitrogens with one attached hydrogen (secondary N) is 2. The number of carbonyl (C=O) groups is 2. The van der Waals surface area contributed by atoms with E-state index in [0.717, 1.165) is 12.8 Å². The highest BCUT2D eigenvalue weighted by atomic mass is 35.5. The minimum atomic E-state index is -0.201. The van der Waals surface area contributed by atoms with Crippen LogP contribution in [-0.4, -0.2) is 42.5 Å². The van der Waals surface area contributed by atoms with Gasteiger partial charge in [0.05, 0.1) is 6.54 Å². The van der Waals surface area contributed by atoms with E-state index in [1.54, 1.807) is 4.90 Å². The van der Waals surface area contributed by atoms with E-state index in [1.165, 1.54) is 11.1 Å². The third kappa shape index (κ3) is 6.55. The van der Waals surface area contributed by atoms with Gasteiger partial charge in [-0.3, -0.25) is 4.79 Å². The summed E-state index contributed by atoms with van der Waals surface area (Å²) in [6.07, 6.45) is 1.68. The third-order valence-corrected chi connectivity index (χ3v) is 4.22. The van der Waals surface area contributed by atoms with Crippen LogP contribution in [0.3, 0.4) is 0 Å². The predicted octanol–water partition coefficient (Wildman–Crippen LogP) is 1.67. The lowest BCUT2D eigenvalue weighted by Crippen LogP contribution is -2.49. The van der Waals surface area contributed by atoms with Gasteiger partial charge in [-0.15, -0.1) is 12.4 Å². The smallest absolute Gasteiger partial charge is 0.318 e. The molecule has 1 heterocycles. The molecule has 1 unspecified atom stereocenters. The van der Waals surface area contributed by atoms with Gasteiger partial charge in [-0.2, -0.15) is 0 Å². The van der Waals surface area contributed by atoms with Crippen molar-refractivity contribution < 1.29 is 9.59 Å². The van der Waals surface area contributed by atoms with E-state index >= 15 is 0 Å². The molecule has 1 aromatic carbocycles. The Morgan fingerprint density at radius 3 is 2.56 bits per heavy atom. The van der Waals surface area contributed by atoms with E-state index in [0.29, 0.717) is 25.6 Å². The van der Waals surface area contributed by atoms with Crippen molar-refractivity contribution in [1.82, 2.24) is 15.5 Å². The molecule has 140 valence electrons. The maximum atomic E-state index is 12.3. The lowest BCUT2D eigenvalue weighted by molar-refractivity contribution is -0.120. The number of carbonyl (C=O) groups excluding carboxylic acids is 2. The summed E-state index contributed by atoms with van der Waals surface area (Å²) in [5.74, 6) is 0.263. The van der Waals surface area contributed by atoms with Crippen LogP contribution in [0.25, 0.3) is 0 Å². The molecule has 0 spiro atoms. The average Bonchev–Trinajstić information content (AvgIpc) is 2.58. The van der Waals surface area contributed by atoms with E-state index in [1.807, 2.05) is 18.2 Å². The van der Waals surface area contributed by atoms with Crippen molar-refractivity contribution >= 4 is 24.3 Å². The SMILES string of the molecule is CC(C)CC(CN)NC(=O)CNC(=O)N1CCc2ccccc2C1.Cl. The normalized spacial score (nSPS) is 14.3. The lowest BCUT2D eigenvalue weighted by atomic mass is 10.0. The van der Waals surface area contributed by atoms with Crippen LogP contribution < -0.4 is 16.4 Å². The van der Waals surface area contributed by atoms with Gasteiger partial charge in [0.2, 0.25) is 5.91 Å². The second kappa shape index (κ2) is 10.3. The number of nitrogens with two attached hydrogens (primary N) is 1. The van der Waals surface area contributed by atoms with Gasteiger partial charge in [-0.05, 0) is 29.9 Å². The average molecular weight is 369 g/mol. The number of nitrogens with zero attached hydrogens (tertiary/aromatic N) is 1. The molecule has 7 heteroatoms. The Bertz CT molecular complexity index is 580. The molecular formula is C18H29ClN4O2. The van der Waals surface area contributed by atoms with Crippen molar-refractivity contribution in [2.75, 3.05) is 19.6 Å². The Kier molecular flexibility index (Phi) is 8.72. The van der Waals surface area contributed by atoms with Crippen LogP contribution in [0.4, 0.5) is 4.79 Å². The largest absolute Gasteiger partial charge is 0.351 e. The zero-order valence-corrected chi connectivity index (χ0v) is 15.8. The van der Waals surface area contributed by atoms with Gasteiger partial charge >= 0.3 is 6.03 Å². The molecule has 0 fully saturated rings. The summed E-state index contributed by atoms with van der Waals surface area (Å²) < 4.78 is 0. The summed E-state index contributed by atoms with van der Waals surface area (Å²) in [7, 11) is 0. The molecule has 0 saturated carbocycles. The van der Waals surface area contributed by atoms with Crippen LogP contribution in [0.15, 0.2) is 24.3 Å². The highest BCUT2D eigenvalue weighted by Gasteiger charge is 2.21. The summed E-state index contributed by atoms with van der Waals surface area (Å²) in [6, 6.07) is 7.89. The molecule has 1 aliphatic rings. The van der Waals surface area contributed by atoms with Crippen molar-refractivity contribution in [1.29, 1.82) is 0 Å². The molecule has 1 aliphatic heterocycles.